The molecule has 62 valence electrons. The number of hydrogen-bond donors (Lipinski definition) is 1. The van der Waals surface area contributed by atoms with Gasteiger partial charge in [-0.2, -0.15) is 0 Å². The summed E-state index contributed by atoms with van der Waals surface area (Å²) in [6.45, 7) is 2.80. The van der Waals surface area contributed by atoms with Crippen LogP contribution in [0.5, 0.6) is 0 Å². The third-order valence-electron chi connectivity index (χ3n) is 0.558. The molecule has 0 aliphatic heterocycles. The van der Waals surface area contributed by atoms with Crippen LogP contribution in [0.4, 0.5) is 0 Å². The van der Waals surface area contributed by atoms with E-state index in [1.54, 1.807) is 5.73 Å². The Bertz CT molecular complexity index is 256. The second kappa shape index (κ2) is 3.37. The third-order valence-corrected chi connectivity index (χ3v) is 0.964. The molecule has 0 aromatic heterocycles. The molecule has 7 heteroatoms. The van der Waals surface area contributed by atoms with Crippen LogP contribution in [0.25, 0.3) is 0 Å². The standard InChI is InChI=1S/C4H5O6P/c1-2-3(4(5)6)10-11(7,8)9/h1H2,(H,5,6)(H2,7,8,9)/p-2. The Balaban J connectivity index is 4.50. The molecule has 0 aliphatic rings. The van der Waals surface area contributed by atoms with Gasteiger partial charge in [-0.25, -0.2) is 4.79 Å². The lowest BCUT2D eigenvalue weighted by molar-refractivity contribution is -0.338. The van der Waals surface area contributed by atoms with E-state index >= 15 is 0 Å². The molecule has 1 N–H and O–H groups in total. The van der Waals surface area contributed by atoms with Crippen LogP contribution in [0.15, 0.2) is 18.1 Å². The maximum Gasteiger partial charge on any atom is 0.379 e. The first kappa shape index (κ1) is 9.94. The number of hydrogen-bond acceptors (Lipinski definition) is 5. The maximum absolute atomic E-state index is 9.94. The third kappa shape index (κ3) is 4.36. The van der Waals surface area contributed by atoms with Crippen LogP contribution < -0.4 is 9.79 Å². The van der Waals surface area contributed by atoms with E-state index in [1.165, 1.54) is 0 Å². The number of rotatable bonds is 3. The zero-order chi connectivity index (χ0) is 9.07. The summed E-state index contributed by atoms with van der Waals surface area (Å²) < 4.78 is 13.2. The number of aliphatic carboxylic acids is 1. The van der Waals surface area contributed by atoms with Gasteiger partial charge in [0.25, 0.3) is 5.76 Å². The van der Waals surface area contributed by atoms with Gasteiger partial charge < -0.3 is 24.0 Å². The fraction of sp³-hybridized carbons (Fsp3) is 0. The minimum Gasteiger partial charge on any atom is -0.780 e. The smallest absolute Gasteiger partial charge is 0.379 e. The van der Waals surface area contributed by atoms with Crippen molar-refractivity contribution in [1.82, 2.24) is 0 Å². The number of phosphoric ester groups is 1. The summed E-state index contributed by atoms with van der Waals surface area (Å²) in [6.07, 6.45) is 0. The van der Waals surface area contributed by atoms with Crippen LogP contribution in [-0.4, -0.2) is 11.1 Å². The van der Waals surface area contributed by atoms with Crippen molar-refractivity contribution in [3.8, 4) is 0 Å². The summed E-state index contributed by atoms with van der Waals surface area (Å²) in [6, 6.07) is 0. The van der Waals surface area contributed by atoms with Gasteiger partial charge in [-0.3, -0.25) is 0 Å². The fourth-order valence-corrected chi connectivity index (χ4v) is 0.625. The summed E-state index contributed by atoms with van der Waals surface area (Å²) >= 11 is 0. The zero-order valence-corrected chi connectivity index (χ0v) is 6.04. The first-order valence-electron chi connectivity index (χ1n) is 2.22. The molecule has 0 atom stereocenters. The number of carboxylic acid groups (broad SMARTS) is 1. The monoisotopic (exact) mass is 178 g/mol. The van der Waals surface area contributed by atoms with Crippen molar-refractivity contribution in [1.29, 1.82) is 0 Å². The largest absolute Gasteiger partial charge is 0.780 e. The number of carbonyl (C=O) groups is 1. The van der Waals surface area contributed by atoms with Gasteiger partial charge in [0.05, 0.1) is 0 Å². The van der Waals surface area contributed by atoms with Crippen molar-refractivity contribution in [2.75, 3.05) is 0 Å². The molecule has 0 heterocycles. The SMILES string of the molecule is C=C=C(OP(=O)([O-])[O-])C(=O)O. The van der Waals surface area contributed by atoms with Crippen LogP contribution in [0.2, 0.25) is 0 Å². The van der Waals surface area contributed by atoms with Crippen molar-refractivity contribution in [2.24, 2.45) is 0 Å². The minimum atomic E-state index is -5.31. The molecule has 11 heavy (non-hydrogen) atoms. The molecular formula is C4H3O6P-2. The van der Waals surface area contributed by atoms with Crippen molar-refractivity contribution in [3.05, 3.63) is 18.1 Å². The second-order valence-electron chi connectivity index (χ2n) is 1.35. The average Bonchev–Trinajstić information content (AvgIpc) is 1.80. The first-order chi connectivity index (χ1) is 4.87. The summed E-state index contributed by atoms with van der Waals surface area (Å²) in [5.74, 6) is -2.84. The van der Waals surface area contributed by atoms with Crippen LogP contribution in [0.1, 0.15) is 0 Å². The van der Waals surface area contributed by atoms with Crippen molar-refractivity contribution < 1.29 is 28.8 Å². The lowest BCUT2D eigenvalue weighted by Crippen LogP contribution is -2.18. The predicted octanol–water partition coefficient (Wildman–Crippen LogP) is -1.41. The highest BCUT2D eigenvalue weighted by molar-refractivity contribution is 7.43. The normalized spacial score (nSPS) is 10.0. The summed E-state index contributed by atoms with van der Waals surface area (Å²) in [5, 5.41) is 8.07. The highest BCUT2D eigenvalue weighted by Crippen LogP contribution is 2.28. The van der Waals surface area contributed by atoms with Gasteiger partial charge in [-0.1, -0.05) is 12.3 Å². The van der Waals surface area contributed by atoms with Crippen LogP contribution in [0.3, 0.4) is 0 Å². The molecule has 0 unspecified atom stereocenters. The van der Waals surface area contributed by atoms with Gasteiger partial charge in [-0.05, 0) is 0 Å². The van der Waals surface area contributed by atoms with E-state index in [2.05, 4.69) is 11.1 Å². The molecule has 0 fully saturated rings. The Morgan fingerprint density at radius 1 is 1.64 bits per heavy atom. The maximum atomic E-state index is 9.94. The van der Waals surface area contributed by atoms with E-state index in [9.17, 15) is 19.1 Å². The Kier molecular flexibility index (Phi) is 3.04. The quantitative estimate of drug-likeness (QED) is 0.246. The van der Waals surface area contributed by atoms with Crippen molar-refractivity contribution in [3.63, 3.8) is 0 Å². The number of phosphoric acid groups is 1. The topological polar surface area (TPSA) is 110 Å². The van der Waals surface area contributed by atoms with E-state index in [0.29, 0.717) is 0 Å². The van der Waals surface area contributed by atoms with Gasteiger partial charge in [0.15, 0.2) is 0 Å². The van der Waals surface area contributed by atoms with Gasteiger partial charge >= 0.3 is 5.97 Å². The summed E-state index contributed by atoms with van der Waals surface area (Å²) in [4.78, 5) is 29.6. The molecule has 0 saturated carbocycles. The Hall–Kier alpha value is -1.06. The Labute approximate surface area is 61.7 Å². The Morgan fingerprint density at radius 2 is 2.09 bits per heavy atom. The average molecular weight is 178 g/mol. The highest BCUT2D eigenvalue weighted by Gasteiger charge is 2.08. The Morgan fingerprint density at radius 3 is 2.18 bits per heavy atom. The molecule has 6 nitrogen and oxygen atoms in total. The van der Waals surface area contributed by atoms with Gasteiger partial charge in [-0.15, -0.1) is 0 Å². The number of carboxylic acids is 1. The van der Waals surface area contributed by atoms with E-state index < -0.39 is 19.6 Å². The molecule has 0 radical (unpaired) electrons. The van der Waals surface area contributed by atoms with Gasteiger partial charge in [0, 0.05) is 0 Å². The molecule has 0 rings (SSSR count). The second-order valence-corrected chi connectivity index (χ2v) is 2.43. The van der Waals surface area contributed by atoms with Crippen LogP contribution >= 0.6 is 7.82 Å². The van der Waals surface area contributed by atoms with Crippen molar-refractivity contribution >= 4 is 13.8 Å². The molecule has 0 aromatic rings. The summed E-state index contributed by atoms with van der Waals surface area (Å²) in [7, 11) is -5.31. The molecule has 0 saturated heterocycles. The van der Waals surface area contributed by atoms with E-state index in [0.717, 1.165) is 0 Å². The zero-order valence-electron chi connectivity index (χ0n) is 5.14. The van der Waals surface area contributed by atoms with Crippen molar-refractivity contribution in [2.45, 2.75) is 0 Å². The highest BCUT2D eigenvalue weighted by atomic mass is 31.2. The van der Waals surface area contributed by atoms with E-state index in [1.807, 2.05) is 0 Å². The molecule has 0 aliphatic carbocycles. The predicted molar refractivity (Wildman–Crippen MR) is 29.0 cm³/mol. The molecule has 0 spiro atoms. The van der Waals surface area contributed by atoms with E-state index in [-0.39, 0.29) is 0 Å². The minimum absolute atomic E-state index is 1.13. The molecular weight excluding hydrogens is 175 g/mol. The van der Waals surface area contributed by atoms with E-state index in [4.69, 9.17) is 5.11 Å². The van der Waals surface area contributed by atoms with Gasteiger partial charge in [0.2, 0.25) is 0 Å². The summed E-state index contributed by atoms with van der Waals surface area (Å²) in [5.41, 5.74) is 1.63. The van der Waals surface area contributed by atoms with Crippen LogP contribution in [-0.2, 0) is 13.9 Å². The van der Waals surface area contributed by atoms with Gasteiger partial charge in [0.1, 0.15) is 7.82 Å². The van der Waals surface area contributed by atoms with Crippen LogP contribution in [0, 0.1) is 0 Å². The first-order valence-corrected chi connectivity index (χ1v) is 3.68. The lowest BCUT2D eigenvalue weighted by Gasteiger charge is -2.28. The molecule has 0 amide bonds. The molecule has 0 bridgehead atoms. The lowest BCUT2D eigenvalue weighted by atomic mass is 10.5. The fourth-order valence-electron chi connectivity index (χ4n) is 0.259. The molecule has 0 aromatic carbocycles.